The van der Waals surface area contributed by atoms with Crippen molar-refractivity contribution in [3.05, 3.63) is 48.3 Å². The number of piperidine rings is 1. The highest BCUT2D eigenvalue weighted by atomic mass is 32.2. The zero-order valence-electron chi connectivity index (χ0n) is 18.3. The van der Waals surface area contributed by atoms with Gasteiger partial charge in [0, 0.05) is 29.7 Å². The Morgan fingerprint density at radius 1 is 1.15 bits per heavy atom. The number of amides is 2. The monoisotopic (exact) mass is 491 g/mol. The zero-order valence-corrected chi connectivity index (χ0v) is 19.9. The van der Waals surface area contributed by atoms with Gasteiger partial charge in [0.05, 0.1) is 16.3 Å². The van der Waals surface area contributed by atoms with E-state index in [0.29, 0.717) is 18.8 Å². The van der Waals surface area contributed by atoms with Crippen LogP contribution in [0.5, 0.6) is 0 Å². The molecule has 176 valence electrons. The number of nitrogens with zero attached hydrogens (tertiary/aromatic N) is 2. The van der Waals surface area contributed by atoms with Gasteiger partial charge in [0.1, 0.15) is 12.4 Å². The molecule has 0 unspecified atom stereocenters. The van der Waals surface area contributed by atoms with Gasteiger partial charge in [0.2, 0.25) is 21.8 Å². The van der Waals surface area contributed by atoms with Gasteiger partial charge in [-0.15, -0.1) is 11.8 Å². The van der Waals surface area contributed by atoms with E-state index >= 15 is 0 Å². The van der Waals surface area contributed by atoms with Crippen molar-refractivity contribution in [1.82, 2.24) is 4.31 Å². The van der Waals surface area contributed by atoms with Gasteiger partial charge < -0.3 is 10.2 Å². The van der Waals surface area contributed by atoms with Gasteiger partial charge >= 0.3 is 0 Å². The van der Waals surface area contributed by atoms with Gasteiger partial charge in [-0.1, -0.05) is 25.5 Å². The molecule has 0 radical (unpaired) electrons. The van der Waals surface area contributed by atoms with Crippen LogP contribution in [0.1, 0.15) is 32.6 Å². The third-order valence-corrected chi connectivity index (χ3v) is 8.78. The van der Waals surface area contributed by atoms with E-state index in [1.54, 1.807) is 18.2 Å². The van der Waals surface area contributed by atoms with E-state index in [2.05, 4.69) is 5.32 Å². The highest BCUT2D eigenvalue weighted by Crippen LogP contribution is 2.39. The maximum absolute atomic E-state index is 14.0. The topological polar surface area (TPSA) is 86.8 Å². The Morgan fingerprint density at radius 2 is 1.88 bits per heavy atom. The van der Waals surface area contributed by atoms with Gasteiger partial charge in [0.25, 0.3) is 0 Å². The third kappa shape index (κ3) is 5.23. The Balaban J connectivity index is 1.65. The van der Waals surface area contributed by atoms with Gasteiger partial charge in [-0.25, -0.2) is 12.8 Å². The van der Waals surface area contributed by atoms with Gasteiger partial charge in [-0.2, -0.15) is 4.31 Å². The second kappa shape index (κ2) is 9.82. The Bertz CT molecular complexity index is 1170. The number of benzene rings is 2. The van der Waals surface area contributed by atoms with Gasteiger partial charge in [0.15, 0.2) is 0 Å². The van der Waals surface area contributed by atoms with Crippen molar-refractivity contribution in [3.63, 3.8) is 0 Å². The van der Waals surface area contributed by atoms with Crippen molar-refractivity contribution in [3.8, 4) is 0 Å². The van der Waals surface area contributed by atoms with E-state index in [4.69, 9.17) is 0 Å². The summed E-state index contributed by atoms with van der Waals surface area (Å²) in [5.41, 5.74) is 0.408. The summed E-state index contributed by atoms with van der Waals surface area (Å²) in [6.45, 7) is 2.51. The molecule has 0 aliphatic carbocycles. The van der Waals surface area contributed by atoms with Crippen LogP contribution in [0.3, 0.4) is 0 Å². The predicted molar refractivity (Wildman–Crippen MR) is 126 cm³/mol. The number of carbonyl (C=O) groups is 2. The Hall–Kier alpha value is -2.43. The molecule has 2 amide bonds. The van der Waals surface area contributed by atoms with Crippen molar-refractivity contribution >= 4 is 45.0 Å². The molecule has 2 aromatic rings. The lowest BCUT2D eigenvalue weighted by Crippen LogP contribution is -2.39. The number of hydrogen-bond acceptors (Lipinski definition) is 5. The first-order chi connectivity index (χ1) is 15.8. The number of carbonyl (C=O) groups excluding carboxylic acids is 2. The molecule has 1 saturated heterocycles. The minimum absolute atomic E-state index is 0.0224. The van der Waals surface area contributed by atoms with E-state index in [1.165, 1.54) is 45.2 Å². The molecule has 0 aromatic heterocycles. The molecule has 2 aromatic carbocycles. The summed E-state index contributed by atoms with van der Waals surface area (Å²) in [5.74, 6) is -1.43. The van der Waals surface area contributed by atoms with Crippen molar-refractivity contribution in [2.45, 2.75) is 47.6 Å². The second-order valence-electron chi connectivity index (χ2n) is 8.23. The van der Waals surface area contributed by atoms with E-state index < -0.39 is 21.7 Å². The van der Waals surface area contributed by atoms with Crippen molar-refractivity contribution < 1.29 is 22.4 Å². The Kier molecular flexibility index (Phi) is 7.06. The van der Waals surface area contributed by atoms with Gasteiger partial charge in [-0.3, -0.25) is 9.59 Å². The van der Waals surface area contributed by atoms with Gasteiger partial charge in [-0.05, 0) is 43.2 Å². The molecule has 0 bridgehead atoms. The van der Waals surface area contributed by atoms with Crippen LogP contribution in [-0.4, -0.2) is 49.4 Å². The van der Waals surface area contributed by atoms with Crippen LogP contribution in [0.4, 0.5) is 15.8 Å². The quantitative estimate of drug-likeness (QED) is 0.687. The first-order valence-corrected chi connectivity index (χ1v) is 13.2. The number of halogens is 1. The smallest absolute Gasteiger partial charge is 0.244 e. The van der Waals surface area contributed by atoms with Crippen LogP contribution in [0, 0.1) is 5.82 Å². The highest BCUT2D eigenvalue weighted by molar-refractivity contribution is 8.00. The summed E-state index contributed by atoms with van der Waals surface area (Å²) in [4.78, 5) is 27.8. The molecule has 2 heterocycles. The highest BCUT2D eigenvalue weighted by Gasteiger charge is 2.32. The number of rotatable bonds is 5. The minimum Gasteiger partial charge on any atom is -0.322 e. The van der Waals surface area contributed by atoms with Crippen molar-refractivity contribution in [2.75, 3.05) is 29.9 Å². The fourth-order valence-corrected chi connectivity index (χ4v) is 6.67. The largest absolute Gasteiger partial charge is 0.322 e. The molecule has 0 saturated carbocycles. The normalized spacial score (nSPS) is 19.6. The van der Waals surface area contributed by atoms with Crippen LogP contribution in [-0.2, 0) is 19.6 Å². The standard InChI is InChI=1S/C23H26FN3O4S2/c1-16-13-23(29)27(15-22(28)25-19-8-4-3-7-18(19)24)20-14-17(9-10-21(20)32-16)33(30,31)26-11-5-2-6-12-26/h3-4,7-10,14,16H,2,5-6,11-13,15H2,1H3,(H,25,28)/t16-/m0/s1. The lowest BCUT2D eigenvalue weighted by Gasteiger charge is -2.27. The fraction of sp³-hybridized carbons (Fsp3) is 0.391. The maximum Gasteiger partial charge on any atom is 0.244 e. The van der Waals surface area contributed by atoms with Crippen LogP contribution < -0.4 is 10.2 Å². The second-order valence-corrected chi connectivity index (χ2v) is 11.7. The zero-order chi connectivity index (χ0) is 23.6. The summed E-state index contributed by atoms with van der Waals surface area (Å²) in [6, 6.07) is 10.5. The summed E-state index contributed by atoms with van der Waals surface area (Å²) in [6.07, 6.45) is 2.83. The molecule has 2 aliphatic rings. The molecule has 1 N–H and O–H groups in total. The maximum atomic E-state index is 14.0. The minimum atomic E-state index is -3.71. The molecular weight excluding hydrogens is 465 g/mol. The number of para-hydroxylation sites is 1. The first kappa shape index (κ1) is 23.7. The van der Waals surface area contributed by atoms with Crippen molar-refractivity contribution in [2.24, 2.45) is 0 Å². The number of thioether (sulfide) groups is 1. The molecule has 7 nitrogen and oxygen atoms in total. The number of anilines is 2. The van der Waals surface area contributed by atoms with Crippen LogP contribution in [0.2, 0.25) is 0 Å². The van der Waals surface area contributed by atoms with E-state index in [0.717, 1.165) is 24.2 Å². The average molecular weight is 492 g/mol. The fourth-order valence-electron chi connectivity index (χ4n) is 4.04. The number of nitrogens with one attached hydrogen (secondary N) is 1. The number of hydrogen-bond donors (Lipinski definition) is 1. The molecule has 1 atom stereocenters. The van der Waals surface area contributed by atoms with E-state index in [-0.39, 0.29) is 34.7 Å². The van der Waals surface area contributed by atoms with E-state index in [9.17, 15) is 22.4 Å². The third-order valence-electron chi connectivity index (χ3n) is 5.71. The average Bonchev–Trinajstić information content (AvgIpc) is 2.90. The summed E-state index contributed by atoms with van der Waals surface area (Å²) in [5, 5.41) is 2.45. The van der Waals surface area contributed by atoms with E-state index in [1.807, 2.05) is 6.92 Å². The summed E-state index contributed by atoms with van der Waals surface area (Å²) >= 11 is 1.47. The lowest BCUT2D eigenvalue weighted by molar-refractivity contribution is -0.121. The number of fused-ring (bicyclic) bond motifs is 1. The first-order valence-electron chi connectivity index (χ1n) is 10.9. The van der Waals surface area contributed by atoms with Crippen LogP contribution >= 0.6 is 11.8 Å². The molecular formula is C23H26FN3O4S2. The lowest BCUT2D eigenvalue weighted by atomic mass is 10.2. The molecule has 0 spiro atoms. The Labute approximate surface area is 197 Å². The predicted octanol–water partition coefficient (Wildman–Crippen LogP) is 3.86. The Morgan fingerprint density at radius 3 is 2.61 bits per heavy atom. The molecule has 1 fully saturated rings. The van der Waals surface area contributed by atoms with Crippen molar-refractivity contribution in [1.29, 1.82) is 0 Å². The van der Waals surface area contributed by atoms with Crippen LogP contribution in [0.25, 0.3) is 0 Å². The number of sulfonamides is 1. The SMILES string of the molecule is C[C@H]1CC(=O)N(CC(=O)Nc2ccccc2F)c2cc(S(=O)(=O)N3CCCCC3)ccc2S1. The summed E-state index contributed by atoms with van der Waals surface area (Å²) in [7, 11) is -3.71. The molecule has 4 rings (SSSR count). The summed E-state index contributed by atoms with van der Waals surface area (Å²) < 4.78 is 41.8. The molecule has 33 heavy (non-hydrogen) atoms. The molecule has 2 aliphatic heterocycles. The molecule has 10 heteroatoms. The van der Waals surface area contributed by atoms with Crippen LogP contribution in [0.15, 0.2) is 52.3 Å².